The minimum Gasteiger partial charge on any atom is -0.352 e. The van der Waals surface area contributed by atoms with Crippen LogP contribution in [0.1, 0.15) is 29.8 Å². The summed E-state index contributed by atoms with van der Waals surface area (Å²) in [6, 6.07) is 8.80. The molecule has 0 atom stereocenters. The smallest absolute Gasteiger partial charge is 0.254 e. The van der Waals surface area contributed by atoms with Crippen LogP contribution >= 0.6 is 0 Å². The summed E-state index contributed by atoms with van der Waals surface area (Å²) < 4.78 is 54.2. The van der Waals surface area contributed by atoms with Crippen molar-refractivity contribution < 1.29 is 22.0 Å². The maximum atomic E-state index is 13.9. The molecule has 5 nitrogen and oxygen atoms in total. The molecule has 26 heavy (non-hydrogen) atoms. The van der Waals surface area contributed by atoms with Crippen molar-refractivity contribution in [3.05, 3.63) is 65.2 Å². The van der Waals surface area contributed by atoms with Gasteiger partial charge in [0.1, 0.15) is 11.6 Å². The maximum Gasteiger partial charge on any atom is 0.254 e. The summed E-state index contributed by atoms with van der Waals surface area (Å²) in [5.74, 6) is -1.99. The zero-order chi connectivity index (χ0) is 19.3. The minimum absolute atomic E-state index is 0.0838. The van der Waals surface area contributed by atoms with Crippen LogP contribution < -0.4 is 10.0 Å². The highest BCUT2D eigenvalue weighted by atomic mass is 32.2. The van der Waals surface area contributed by atoms with Crippen LogP contribution in [0.3, 0.4) is 0 Å². The highest BCUT2D eigenvalue weighted by Gasteiger charge is 2.20. The molecule has 0 saturated carbocycles. The second kappa shape index (κ2) is 8.37. The van der Waals surface area contributed by atoms with E-state index in [0.29, 0.717) is 5.56 Å². The summed E-state index contributed by atoms with van der Waals surface area (Å²) in [6.07, 6.45) is 0.229. The molecule has 0 fully saturated rings. The van der Waals surface area contributed by atoms with Crippen molar-refractivity contribution in [1.82, 2.24) is 10.0 Å². The Morgan fingerprint density at radius 1 is 1.08 bits per heavy atom. The van der Waals surface area contributed by atoms with Gasteiger partial charge >= 0.3 is 0 Å². The molecule has 0 radical (unpaired) electrons. The Morgan fingerprint density at radius 3 is 2.42 bits per heavy atom. The van der Waals surface area contributed by atoms with Crippen molar-refractivity contribution in [1.29, 1.82) is 0 Å². The lowest BCUT2D eigenvalue weighted by Gasteiger charge is -2.11. The van der Waals surface area contributed by atoms with E-state index in [2.05, 4.69) is 10.0 Å². The molecule has 0 aliphatic rings. The fraction of sp³-hybridized carbons (Fsp3) is 0.278. The first kappa shape index (κ1) is 20.0. The molecule has 0 spiro atoms. The van der Waals surface area contributed by atoms with Crippen LogP contribution in [0.4, 0.5) is 8.78 Å². The number of sulfonamides is 1. The van der Waals surface area contributed by atoms with Gasteiger partial charge < -0.3 is 5.32 Å². The van der Waals surface area contributed by atoms with E-state index in [1.54, 1.807) is 32.0 Å². The number of benzene rings is 2. The molecular weight excluding hydrogens is 362 g/mol. The van der Waals surface area contributed by atoms with Crippen LogP contribution in [0.2, 0.25) is 0 Å². The number of halogens is 2. The molecule has 2 N–H and O–H groups in total. The van der Waals surface area contributed by atoms with Crippen LogP contribution in [-0.2, 0) is 16.4 Å². The van der Waals surface area contributed by atoms with Gasteiger partial charge in [-0.2, -0.15) is 0 Å². The number of rotatable bonds is 7. The third-order valence-electron chi connectivity index (χ3n) is 3.52. The van der Waals surface area contributed by atoms with Crippen LogP contribution in [0.15, 0.2) is 47.4 Å². The van der Waals surface area contributed by atoms with E-state index < -0.39 is 21.7 Å². The Kier molecular flexibility index (Phi) is 6.44. The SMILES string of the molecule is CC(C)NS(=O)(=O)c1ccc(F)c(C(=O)NCCc2ccccc2F)c1. The van der Waals surface area contributed by atoms with Crippen LogP contribution in [0.5, 0.6) is 0 Å². The predicted molar refractivity (Wildman–Crippen MR) is 94.3 cm³/mol. The monoisotopic (exact) mass is 382 g/mol. The molecule has 140 valence electrons. The number of nitrogens with one attached hydrogen (secondary N) is 2. The van der Waals surface area contributed by atoms with Crippen molar-refractivity contribution in [3.63, 3.8) is 0 Å². The first-order valence-corrected chi connectivity index (χ1v) is 9.52. The molecule has 0 bridgehead atoms. The quantitative estimate of drug-likeness (QED) is 0.773. The summed E-state index contributed by atoms with van der Waals surface area (Å²) in [5, 5.41) is 2.47. The fourth-order valence-corrected chi connectivity index (χ4v) is 3.61. The molecule has 2 rings (SSSR count). The molecule has 0 heterocycles. The van der Waals surface area contributed by atoms with Crippen molar-refractivity contribution in [3.8, 4) is 0 Å². The normalized spacial score (nSPS) is 11.6. The van der Waals surface area contributed by atoms with Crippen LogP contribution in [0.25, 0.3) is 0 Å². The Morgan fingerprint density at radius 2 is 1.77 bits per heavy atom. The average molecular weight is 382 g/mol. The Balaban J connectivity index is 2.11. The topological polar surface area (TPSA) is 75.3 Å². The largest absolute Gasteiger partial charge is 0.352 e. The van der Waals surface area contributed by atoms with E-state index in [1.807, 2.05) is 0 Å². The van der Waals surface area contributed by atoms with E-state index in [1.165, 1.54) is 6.07 Å². The van der Waals surface area contributed by atoms with Crippen LogP contribution in [-0.4, -0.2) is 26.9 Å². The van der Waals surface area contributed by atoms with Gasteiger partial charge in [0.25, 0.3) is 5.91 Å². The zero-order valence-electron chi connectivity index (χ0n) is 14.4. The lowest BCUT2D eigenvalue weighted by atomic mass is 10.1. The highest BCUT2D eigenvalue weighted by Crippen LogP contribution is 2.16. The molecule has 0 aliphatic carbocycles. The summed E-state index contributed by atoms with van der Waals surface area (Å²) in [5.41, 5.74) is 0.0379. The van der Waals surface area contributed by atoms with Crippen molar-refractivity contribution >= 4 is 15.9 Å². The van der Waals surface area contributed by atoms with Gasteiger partial charge in [-0.1, -0.05) is 18.2 Å². The van der Waals surface area contributed by atoms with E-state index in [0.717, 1.165) is 18.2 Å². The summed E-state index contributed by atoms with van der Waals surface area (Å²) in [6.45, 7) is 3.38. The van der Waals surface area contributed by atoms with Gasteiger partial charge in [-0.25, -0.2) is 21.9 Å². The third kappa shape index (κ3) is 5.09. The predicted octanol–water partition coefficient (Wildman–Crippen LogP) is 2.62. The van der Waals surface area contributed by atoms with E-state index in [4.69, 9.17) is 0 Å². The Hall–Kier alpha value is -2.32. The van der Waals surface area contributed by atoms with Crippen molar-refractivity contribution in [2.45, 2.75) is 31.2 Å². The number of hydrogen-bond donors (Lipinski definition) is 2. The lowest BCUT2D eigenvalue weighted by Crippen LogP contribution is -2.31. The number of carbonyl (C=O) groups excluding carboxylic acids is 1. The van der Waals surface area contributed by atoms with E-state index in [-0.39, 0.29) is 35.3 Å². The lowest BCUT2D eigenvalue weighted by molar-refractivity contribution is 0.0949. The minimum atomic E-state index is -3.85. The molecule has 0 aromatic heterocycles. The van der Waals surface area contributed by atoms with Gasteiger partial charge in [0.2, 0.25) is 10.0 Å². The first-order valence-electron chi connectivity index (χ1n) is 8.04. The molecule has 2 aromatic carbocycles. The van der Waals surface area contributed by atoms with Gasteiger partial charge in [0.05, 0.1) is 10.5 Å². The maximum absolute atomic E-state index is 13.9. The second-order valence-corrected chi connectivity index (χ2v) is 7.73. The third-order valence-corrected chi connectivity index (χ3v) is 5.18. The van der Waals surface area contributed by atoms with Gasteiger partial charge in [0, 0.05) is 12.6 Å². The summed E-state index contributed by atoms with van der Waals surface area (Å²) in [4.78, 5) is 12.0. The zero-order valence-corrected chi connectivity index (χ0v) is 15.2. The second-order valence-electron chi connectivity index (χ2n) is 6.01. The molecular formula is C18H20F2N2O3S. The number of hydrogen-bond acceptors (Lipinski definition) is 3. The van der Waals surface area contributed by atoms with Gasteiger partial charge in [-0.15, -0.1) is 0 Å². The highest BCUT2D eigenvalue weighted by molar-refractivity contribution is 7.89. The molecule has 0 unspecified atom stereocenters. The van der Waals surface area contributed by atoms with E-state index in [9.17, 15) is 22.0 Å². The van der Waals surface area contributed by atoms with Gasteiger partial charge in [-0.05, 0) is 50.1 Å². The van der Waals surface area contributed by atoms with E-state index >= 15 is 0 Å². The van der Waals surface area contributed by atoms with Crippen molar-refractivity contribution in [2.75, 3.05) is 6.54 Å². The fourth-order valence-electron chi connectivity index (χ4n) is 2.33. The van der Waals surface area contributed by atoms with Crippen LogP contribution in [0, 0.1) is 11.6 Å². The van der Waals surface area contributed by atoms with Crippen molar-refractivity contribution in [2.24, 2.45) is 0 Å². The molecule has 1 amide bonds. The average Bonchev–Trinajstić information content (AvgIpc) is 2.55. The number of carbonyl (C=O) groups is 1. The first-order chi connectivity index (χ1) is 12.2. The standard InChI is InChI=1S/C18H20F2N2O3S/c1-12(2)22-26(24,25)14-7-8-17(20)15(11-14)18(23)21-10-9-13-5-3-4-6-16(13)19/h3-8,11-12,22H,9-10H2,1-2H3,(H,21,23). The molecule has 2 aromatic rings. The summed E-state index contributed by atoms with van der Waals surface area (Å²) >= 11 is 0. The molecule has 0 saturated heterocycles. The Labute approximate surface area is 151 Å². The number of amides is 1. The van der Waals surface area contributed by atoms with Gasteiger partial charge in [0.15, 0.2) is 0 Å². The molecule has 8 heteroatoms. The molecule has 0 aliphatic heterocycles. The Bertz CT molecular complexity index is 899. The van der Waals surface area contributed by atoms with Gasteiger partial charge in [-0.3, -0.25) is 4.79 Å². The summed E-state index contributed by atoms with van der Waals surface area (Å²) in [7, 11) is -3.85.